The molecule has 0 bridgehead atoms. The summed E-state index contributed by atoms with van der Waals surface area (Å²) in [4.78, 5) is 4.57. The van der Waals surface area contributed by atoms with Crippen LogP contribution in [-0.2, 0) is 24.3 Å². The van der Waals surface area contributed by atoms with Crippen molar-refractivity contribution in [3.05, 3.63) is 172 Å². The molecule has 234 valence electrons. The molecule has 2 aliphatic rings. The van der Waals surface area contributed by atoms with Crippen LogP contribution < -0.4 is 0 Å². The first-order valence-electron chi connectivity index (χ1n) is 16.4. The highest BCUT2D eigenvalue weighted by Gasteiger charge is 2.49. The second-order valence-corrected chi connectivity index (χ2v) is 13.0. The lowest BCUT2D eigenvalue weighted by Gasteiger charge is -2.51. The predicted octanol–water partition coefficient (Wildman–Crippen LogP) is 6.72. The van der Waals surface area contributed by atoms with Crippen molar-refractivity contribution in [2.45, 2.75) is 56.1 Å². The molecule has 2 heterocycles. The summed E-state index contributed by atoms with van der Waals surface area (Å²) in [7, 11) is 0. The van der Waals surface area contributed by atoms with Crippen LogP contribution in [0.5, 0.6) is 5.75 Å². The van der Waals surface area contributed by atoms with Crippen molar-refractivity contribution in [1.29, 1.82) is 0 Å². The van der Waals surface area contributed by atoms with E-state index in [0.717, 1.165) is 64.9 Å². The maximum atomic E-state index is 12.4. The third-order valence-electron chi connectivity index (χ3n) is 10.2. The molecule has 0 saturated carbocycles. The Kier molecular flexibility index (Phi) is 8.26. The van der Waals surface area contributed by atoms with E-state index in [1.807, 2.05) is 121 Å². The Balaban J connectivity index is 1.16. The van der Waals surface area contributed by atoms with Gasteiger partial charge in [0, 0.05) is 49.4 Å². The molecule has 5 nitrogen and oxygen atoms in total. The van der Waals surface area contributed by atoms with E-state index in [2.05, 4.69) is 28.9 Å². The quantitative estimate of drug-likeness (QED) is 0.164. The fraction of sp³-hybridized carbons (Fsp3) is 0.268. The maximum absolute atomic E-state index is 12.4. The number of phenolic OH excluding ortho intramolecular Hbond substituents is 1. The summed E-state index contributed by atoms with van der Waals surface area (Å²) in [5.74, 6) is 0.299. The number of hydrogen-bond donors (Lipinski definition) is 3. The molecule has 0 aromatic heterocycles. The standard InChI is InChI=1S/C41H42N2O3/c1-30-26-31(28-42-24-22-37(42)40(45,33-14-6-2-7-15-33)34-16-8-3-9-17-34)39(44)32(27-30)29-43-25-23-38(43)41(46,35-18-10-4-11-19-35)36-20-12-5-13-21-36/h2-21,26-27,37-38,44-46H,22-25,28-29H2,1H3/t37-,38?/m1/s1. The molecule has 0 aliphatic carbocycles. The fourth-order valence-electron chi connectivity index (χ4n) is 7.69. The Morgan fingerprint density at radius 2 is 0.848 bits per heavy atom. The van der Waals surface area contributed by atoms with Crippen LogP contribution in [0.1, 0.15) is 51.8 Å². The summed E-state index contributed by atoms with van der Waals surface area (Å²) >= 11 is 0. The van der Waals surface area contributed by atoms with Gasteiger partial charge in [-0.3, -0.25) is 9.80 Å². The van der Waals surface area contributed by atoms with Gasteiger partial charge in [-0.05, 0) is 42.0 Å². The predicted molar refractivity (Wildman–Crippen MR) is 182 cm³/mol. The number of aryl methyl sites for hydroxylation is 1. The van der Waals surface area contributed by atoms with E-state index < -0.39 is 11.2 Å². The van der Waals surface area contributed by atoms with Crippen molar-refractivity contribution in [3.63, 3.8) is 0 Å². The van der Waals surface area contributed by atoms with Crippen LogP contribution in [0.15, 0.2) is 133 Å². The highest BCUT2D eigenvalue weighted by molar-refractivity contribution is 5.45. The summed E-state index contributed by atoms with van der Waals surface area (Å²) in [6.07, 6.45) is 1.71. The maximum Gasteiger partial charge on any atom is 0.130 e. The minimum atomic E-state index is -1.17. The number of rotatable bonds is 10. The fourth-order valence-corrected chi connectivity index (χ4v) is 7.69. The Bertz CT molecular complexity index is 1550. The Hall–Kier alpha value is -4.26. The van der Waals surface area contributed by atoms with Crippen molar-refractivity contribution in [2.24, 2.45) is 0 Å². The van der Waals surface area contributed by atoms with Gasteiger partial charge in [-0.2, -0.15) is 0 Å². The summed E-state index contributed by atoms with van der Waals surface area (Å²) in [6, 6.07) is 43.6. The Morgan fingerprint density at radius 1 is 0.543 bits per heavy atom. The molecule has 5 heteroatoms. The highest BCUT2D eigenvalue weighted by Crippen LogP contribution is 2.44. The summed E-state index contributed by atoms with van der Waals surface area (Å²) < 4.78 is 0. The van der Waals surface area contributed by atoms with Crippen molar-refractivity contribution < 1.29 is 15.3 Å². The van der Waals surface area contributed by atoms with E-state index in [9.17, 15) is 15.3 Å². The molecule has 5 aromatic rings. The van der Waals surface area contributed by atoms with Gasteiger partial charge in [-0.15, -0.1) is 0 Å². The van der Waals surface area contributed by atoms with Crippen molar-refractivity contribution in [3.8, 4) is 5.75 Å². The van der Waals surface area contributed by atoms with Crippen molar-refractivity contribution in [1.82, 2.24) is 9.80 Å². The number of benzene rings is 5. The van der Waals surface area contributed by atoms with E-state index in [0.29, 0.717) is 18.8 Å². The SMILES string of the molecule is Cc1cc(CN2CCC2C(O)(c2ccccc2)c2ccccc2)c(O)c(CN2CC[C@@H]2C(O)(c2ccccc2)c2ccccc2)c1. The monoisotopic (exact) mass is 610 g/mol. The number of aliphatic hydroxyl groups is 2. The normalized spacial score (nSPS) is 18.9. The van der Waals surface area contributed by atoms with Crippen LogP contribution in [0, 0.1) is 6.92 Å². The van der Waals surface area contributed by atoms with Crippen molar-refractivity contribution in [2.75, 3.05) is 13.1 Å². The summed E-state index contributed by atoms with van der Waals surface area (Å²) in [5, 5.41) is 36.6. The second-order valence-electron chi connectivity index (χ2n) is 13.0. The van der Waals surface area contributed by atoms with Crippen molar-refractivity contribution >= 4 is 0 Å². The summed E-state index contributed by atoms with van der Waals surface area (Å²) in [6.45, 7) is 4.82. The lowest BCUT2D eigenvalue weighted by Crippen LogP contribution is -2.59. The van der Waals surface area contributed by atoms with Gasteiger partial charge in [0.05, 0.1) is 0 Å². The molecule has 2 saturated heterocycles. The molecule has 5 aromatic carbocycles. The molecule has 3 N–H and O–H groups in total. The average Bonchev–Trinajstić information content (AvgIpc) is 3.08. The molecule has 2 atom stereocenters. The number of phenols is 1. The first-order chi connectivity index (χ1) is 22.4. The van der Waals surface area contributed by atoms with E-state index in [4.69, 9.17) is 0 Å². The molecule has 7 rings (SSSR count). The topological polar surface area (TPSA) is 67.2 Å². The van der Waals surface area contributed by atoms with Gasteiger partial charge in [-0.25, -0.2) is 0 Å². The van der Waals surface area contributed by atoms with Gasteiger partial charge in [0.15, 0.2) is 0 Å². The van der Waals surface area contributed by atoms with Gasteiger partial charge in [-0.1, -0.05) is 139 Å². The second kappa shape index (κ2) is 12.5. The zero-order valence-corrected chi connectivity index (χ0v) is 26.3. The molecule has 1 unspecified atom stereocenters. The minimum Gasteiger partial charge on any atom is -0.507 e. The Morgan fingerprint density at radius 3 is 1.11 bits per heavy atom. The zero-order valence-electron chi connectivity index (χ0n) is 26.3. The molecule has 46 heavy (non-hydrogen) atoms. The molecule has 2 aliphatic heterocycles. The van der Waals surface area contributed by atoms with E-state index >= 15 is 0 Å². The van der Waals surface area contributed by atoms with Gasteiger partial charge in [0.1, 0.15) is 17.0 Å². The average molecular weight is 611 g/mol. The van der Waals surface area contributed by atoms with Crippen LogP contribution in [0.2, 0.25) is 0 Å². The minimum absolute atomic E-state index is 0.132. The number of hydrogen-bond acceptors (Lipinski definition) is 5. The van der Waals surface area contributed by atoms with Crippen LogP contribution in [-0.4, -0.2) is 50.3 Å². The van der Waals surface area contributed by atoms with E-state index in [1.54, 1.807) is 0 Å². The lowest BCUT2D eigenvalue weighted by atomic mass is 9.74. The first kappa shape index (κ1) is 30.4. The summed E-state index contributed by atoms with van der Waals surface area (Å²) in [5.41, 5.74) is 3.95. The van der Waals surface area contributed by atoms with Gasteiger partial charge < -0.3 is 15.3 Å². The van der Waals surface area contributed by atoms with Crippen LogP contribution in [0.3, 0.4) is 0 Å². The van der Waals surface area contributed by atoms with Gasteiger partial charge >= 0.3 is 0 Å². The van der Waals surface area contributed by atoms with Crippen LogP contribution in [0.4, 0.5) is 0 Å². The zero-order chi connectivity index (χ0) is 31.7. The molecular formula is C41H42N2O3. The number of aromatic hydroxyl groups is 1. The van der Waals surface area contributed by atoms with E-state index in [-0.39, 0.29) is 12.1 Å². The van der Waals surface area contributed by atoms with Crippen LogP contribution in [0.25, 0.3) is 0 Å². The molecule has 0 amide bonds. The molecule has 0 spiro atoms. The largest absolute Gasteiger partial charge is 0.507 e. The highest BCUT2D eigenvalue weighted by atomic mass is 16.3. The Labute approximate surface area is 272 Å². The molecule has 2 fully saturated rings. The third kappa shape index (κ3) is 5.33. The molecular weight excluding hydrogens is 568 g/mol. The molecule has 0 radical (unpaired) electrons. The van der Waals surface area contributed by atoms with Gasteiger partial charge in [0.2, 0.25) is 0 Å². The first-order valence-corrected chi connectivity index (χ1v) is 16.4. The smallest absolute Gasteiger partial charge is 0.130 e. The third-order valence-corrected chi connectivity index (χ3v) is 10.2. The van der Waals surface area contributed by atoms with Gasteiger partial charge in [0.25, 0.3) is 0 Å². The number of nitrogens with zero attached hydrogens (tertiary/aromatic N) is 2. The number of likely N-dealkylation sites (tertiary alicyclic amines) is 2. The van der Waals surface area contributed by atoms with Crippen LogP contribution >= 0.6 is 0 Å². The lowest BCUT2D eigenvalue weighted by molar-refractivity contribution is -0.0771. The van der Waals surface area contributed by atoms with E-state index in [1.165, 1.54) is 0 Å².